The first-order valence-electron chi connectivity index (χ1n) is 12.8. The highest BCUT2D eigenvalue weighted by atomic mass is 32.2. The van der Waals surface area contributed by atoms with Crippen LogP contribution >= 0.6 is 11.3 Å². The number of hydrogen-bond acceptors (Lipinski definition) is 10. The lowest BCUT2D eigenvalue weighted by Crippen LogP contribution is -2.24. The van der Waals surface area contributed by atoms with Crippen molar-refractivity contribution in [2.45, 2.75) is 38.1 Å². The summed E-state index contributed by atoms with van der Waals surface area (Å²) in [5.41, 5.74) is 3.75. The maximum atomic E-state index is 13.5. The van der Waals surface area contributed by atoms with Crippen molar-refractivity contribution in [2.75, 3.05) is 26.0 Å². The number of hydrogen-bond donors (Lipinski definition) is 3. The zero-order valence-electron chi connectivity index (χ0n) is 22.2. The lowest BCUT2D eigenvalue weighted by molar-refractivity contribution is 0.101. The molecule has 3 atom stereocenters. The van der Waals surface area contributed by atoms with E-state index in [1.165, 1.54) is 34.8 Å². The molecular weight excluding hydrogens is 552 g/mol. The number of aliphatic hydroxyl groups excluding tert-OH is 1. The number of para-hydroxylation sites is 1. The third-order valence-electron chi connectivity index (χ3n) is 6.99. The Balaban J connectivity index is 1.30. The largest absolute Gasteiger partial charge is 0.393 e. The fraction of sp³-hybridized carbons (Fsp3) is 0.370. The van der Waals surface area contributed by atoms with E-state index in [2.05, 4.69) is 61.4 Å². The van der Waals surface area contributed by atoms with Crippen LogP contribution in [0.1, 0.15) is 39.2 Å². The quantitative estimate of drug-likeness (QED) is 0.226. The van der Waals surface area contributed by atoms with Crippen molar-refractivity contribution in [1.29, 1.82) is 0 Å². The molecule has 0 amide bonds. The molecule has 5 rings (SSSR count). The number of rotatable bonds is 11. The van der Waals surface area contributed by atoms with Crippen LogP contribution in [0.2, 0.25) is 0 Å². The first-order chi connectivity index (χ1) is 19.1. The van der Waals surface area contributed by atoms with E-state index in [1.807, 2.05) is 23.6 Å². The van der Waals surface area contributed by atoms with Crippen molar-refractivity contribution in [3.05, 3.63) is 76.0 Å². The number of aliphatic hydroxyl groups is 1. The van der Waals surface area contributed by atoms with Gasteiger partial charge in [0.2, 0.25) is 5.78 Å². The van der Waals surface area contributed by atoms with Gasteiger partial charge in [-0.15, -0.1) is 11.3 Å². The predicted octanol–water partition coefficient (Wildman–Crippen LogP) is 2.61. The number of benzene rings is 1. The monoisotopic (exact) mass is 584 g/mol. The lowest BCUT2D eigenvalue weighted by atomic mass is 10.1. The summed E-state index contributed by atoms with van der Waals surface area (Å²) in [6.45, 7) is 1.26. The molecule has 1 saturated carbocycles. The van der Waals surface area contributed by atoms with E-state index in [9.17, 15) is 18.3 Å². The molecule has 11 nitrogen and oxygen atoms in total. The van der Waals surface area contributed by atoms with Crippen molar-refractivity contribution in [1.82, 2.24) is 19.4 Å². The smallest absolute Gasteiger partial charge is 0.333 e. The van der Waals surface area contributed by atoms with Gasteiger partial charge in [0, 0.05) is 48.3 Å². The van der Waals surface area contributed by atoms with Gasteiger partial charge in [0.15, 0.2) is 0 Å². The molecule has 0 radical (unpaired) electrons. The zero-order valence-corrected chi connectivity index (χ0v) is 23.9. The Labute approximate surface area is 236 Å². The first-order valence-corrected chi connectivity index (χ1v) is 15.2. The third kappa shape index (κ3) is 6.57. The van der Waals surface area contributed by atoms with Gasteiger partial charge in [0.05, 0.1) is 23.2 Å². The number of ketones is 1. The number of nitrogens with zero attached hydrogens (tertiary/aromatic N) is 4. The summed E-state index contributed by atoms with van der Waals surface area (Å²) in [5, 5.41) is 21.7. The van der Waals surface area contributed by atoms with Gasteiger partial charge in [-0.3, -0.25) is 8.98 Å². The molecule has 4 N–H and O–H groups in total. The van der Waals surface area contributed by atoms with Crippen LogP contribution in [0.3, 0.4) is 0 Å². The number of carbonyl (C=O) groups is 1. The summed E-state index contributed by atoms with van der Waals surface area (Å²) in [6, 6.07) is 10.00. The van der Waals surface area contributed by atoms with Crippen LogP contribution in [0.4, 0.5) is 5.82 Å². The number of nitrogens with two attached hydrogens (primary N) is 1. The van der Waals surface area contributed by atoms with Crippen molar-refractivity contribution >= 4 is 44.1 Å². The molecule has 0 aliphatic heterocycles. The highest BCUT2D eigenvalue weighted by molar-refractivity contribution is 7.84. The Kier molecular flexibility index (Phi) is 8.31. The predicted molar refractivity (Wildman–Crippen MR) is 153 cm³/mol. The summed E-state index contributed by atoms with van der Waals surface area (Å²) in [6.07, 6.45) is 5.01. The van der Waals surface area contributed by atoms with Crippen LogP contribution in [0.15, 0.2) is 54.4 Å². The van der Waals surface area contributed by atoms with Gasteiger partial charge < -0.3 is 19.9 Å². The van der Waals surface area contributed by atoms with Gasteiger partial charge in [0.25, 0.3) is 0 Å². The summed E-state index contributed by atoms with van der Waals surface area (Å²) < 4.78 is 29.1. The normalized spacial score (nSPS) is 19.5. The average Bonchev–Trinajstić information content (AvgIpc) is 3.60. The fourth-order valence-corrected chi connectivity index (χ4v) is 6.44. The van der Waals surface area contributed by atoms with Crippen LogP contribution in [0, 0.1) is 5.92 Å². The number of fused-ring (bicyclic) bond motifs is 1. The standard InChI is InChI=1S/C27H32N6O5S2/c1-32(2)12-19-13-33(23-6-4-3-5-21(19)23)11-17-7-25(39-15-17)26(35)22-10-29-16-30-27(22)31-20-8-18(24(34)9-20)14-38-40(28,36)37/h3-7,10,13,15-16,18,20,24,34H,8-9,11-12,14H2,1-2H3,(H2,28,36,37)(H,29,30,31)/t18-,20-,24+/m1/s1. The van der Waals surface area contributed by atoms with Gasteiger partial charge in [0.1, 0.15) is 12.1 Å². The minimum absolute atomic E-state index is 0.197. The van der Waals surface area contributed by atoms with Crippen LogP contribution in [-0.2, 0) is 27.6 Å². The van der Waals surface area contributed by atoms with Gasteiger partial charge in [-0.05, 0) is 55.6 Å². The minimum Gasteiger partial charge on any atom is -0.393 e. The summed E-state index contributed by atoms with van der Waals surface area (Å²) in [4.78, 5) is 24.6. The summed E-state index contributed by atoms with van der Waals surface area (Å²) in [5.74, 6) is -0.248. The van der Waals surface area contributed by atoms with E-state index in [1.54, 1.807) is 0 Å². The fourth-order valence-electron chi connectivity index (χ4n) is 5.21. The second-order valence-corrected chi connectivity index (χ2v) is 12.5. The Morgan fingerprint density at radius 2 is 2.10 bits per heavy atom. The van der Waals surface area contributed by atoms with Gasteiger partial charge in [-0.2, -0.15) is 8.42 Å². The van der Waals surface area contributed by atoms with Crippen molar-refractivity contribution in [3.63, 3.8) is 0 Å². The molecule has 1 aromatic carbocycles. The second kappa shape index (κ2) is 11.7. The van der Waals surface area contributed by atoms with Crippen molar-refractivity contribution in [3.8, 4) is 0 Å². The molecule has 0 saturated heterocycles. The topological polar surface area (TPSA) is 153 Å². The molecule has 1 aliphatic carbocycles. The number of aromatic nitrogens is 3. The average molecular weight is 585 g/mol. The molecule has 1 fully saturated rings. The molecule has 4 aromatic rings. The van der Waals surface area contributed by atoms with Crippen molar-refractivity contribution in [2.24, 2.45) is 11.1 Å². The van der Waals surface area contributed by atoms with E-state index in [-0.39, 0.29) is 18.4 Å². The summed E-state index contributed by atoms with van der Waals surface area (Å²) >= 11 is 1.38. The zero-order chi connectivity index (χ0) is 28.4. The number of carbonyl (C=O) groups excluding carboxylic acids is 1. The summed E-state index contributed by atoms with van der Waals surface area (Å²) in [7, 11) is 0.0101. The molecule has 1 aliphatic rings. The van der Waals surface area contributed by atoms with Gasteiger partial charge in [-0.25, -0.2) is 15.1 Å². The van der Waals surface area contributed by atoms with E-state index in [0.29, 0.717) is 35.6 Å². The maximum absolute atomic E-state index is 13.5. The molecule has 0 unspecified atom stereocenters. The van der Waals surface area contributed by atoms with Crippen LogP contribution in [0.5, 0.6) is 0 Å². The second-order valence-electron chi connectivity index (χ2n) is 10.4. The molecule has 3 heterocycles. The molecule has 13 heteroatoms. The lowest BCUT2D eigenvalue weighted by Gasteiger charge is -2.15. The first kappa shape index (κ1) is 28.3. The number of nitrogens with one attached hydrogen (secondary N) is 1. The van der Waals surface area contributed by atoms with E-state index < -0.39 is 22.3 Å². The van der Waals surface area contributed by atoms with Crippen molar-refractivity contribution < 1.29 is 22.5 Å². The maximum Gasteiger partial charge on any atom is 0.333 e. The molecule has 0 spiro atoms. The SMILES string of the molecule is CN(C)Cc1cn(Cc2csc(C(=O)c3cncnc3N[C@@H]3C[C@H](COS(N)(=O)=O)[C@@H](O)C3)c2)c2ccccc12. The Morgan fingerprint density at radius 3 is 2.88 bits per heavy atom. The van der Waals surface area contributed by atoms with E-state index in [4.69, 9.17) is 5.14 Å². The molecule has 212 valence electrons. The van der Waals surface area contributed by atoms with Crippen LogP contribution in [-0.4, -0.2) is 71.6 Å². The molecule has 0 bridgehead atoms. The van der Waals surface area contributed by atoms with Crippen LogP contribution in [0.25, 0.3) is 10.9 Å². The number of anilines is 1. The molecule has 40 heavy (non-hydrogen) atoms. The molecular formula is C27H32N6O5S2. The minimum atomic E-state index is -4.09. The Morgan fingerprint density at radius 1 is 1.30 bits per heavy atom. The Hall–Kier alpha value is -3.20. The highest BCUT2D eigenvalue weighted by Crippen LogP contribution is 2.31. The van der Waals surface area contributed by atoms with Crippen LogP contribution < -0.4 is 10.5 Å². The Bertz CT molecular complexity index is 1620. The molecule has 3 aromatic heterocycles. The van der Waals surface area contributed by atoms with Gasteiger partial charge in [-0.1, -0.05) is 18.2 Å². The highest BCUT2D eigenvalue weighted by Gasteiger charge is 2.34. The van der Waals surface area contributed by atoms with Gasteiger partial charge >= 0.3 is 10.3 Å². The number of thiophene rings is 1. The van der Waals surface area contributed by atoms with E-state index >= 15 is 0 Å². The third-order valence-corrected chi connectivity index (χ3v) is 8.43. The van der Waals surface area contributed by atoms with E-state index in [0.717, 1.165) is 17.6 Å².